The van der Waals surface area contributed by atoms with Crippen molar-refractivity contribution in [1.29, 1.82) is 0 Å². The van der Waals surface area contributed by atoms with Crippen LogP contribution in [0, 0.1) is 6.92 Å². The molecule has 1 saturated carbocycles. The van der Waals surface area contributed by atoms with Gasteiger partial charge in [-0.1, -0.05) is 43.0 Å². The van der Waals surface area contributed by atoms with Gasteiger partial charge in [-0.3, -0.25) is 0 Å². The van der Waals surface area contributed by atoms with Crippen LogP contribution in [-0.2, 0) is 20.0 Å². The van der Waals surface area contributed by atoms with E-state index in [2.05, 4.69) is 26.9 Å². The van der Waals surface area contributed by atoms with Gasteiger partial charge in [-0.15, -0.1) is 34.2 Å². The number of aryl methyl sites for hydroxylation is 1. The minimum atomic E-state index is 0. The van der Waals surface area contributed by atoms with Crippen LogP contribution >= 0.6 is 35.6 Å². The second-order valence-corrected chi connectivity index (χ2v) is 7.61. The van der Waals surface area contributed by atoms with Crippen LogP contribution in [0.4, 0.5) is 0 Å². The number of rotatable bonds is 6. The van der Waals surface area contributed by atoms with Crippen LogP contribution < -0.4 is 10.6 Å². The normalized spacial score (nSPS) is 15.2. The van der Waals surface area contributed by atoms with Crippen molar-refractivity contribution in [2.45, 2.75) is 58.0 Å². The minimum Gasteiger partial charge on any atom is -0.356 e. The van der Waals surface area contributed by atoms with Gasteiger partial charge in [0.1, 0.15) is 12.4 Å². The van der Waals surface area contributed by atoms with Gasteiger partial charge in [-0.2, -0.15) is 0 Å². The number of hydrogen-bond donors (Lipinski definition) is 2. The van der Waals surface area contributed by atoms with Gasteiger partial charge in [0.25, 0.3) is 0 Å². The minimum absolute atomic E-state index is 0. The second kappa shape index (κ2) is 11.6. The first-order valence-corrected chi connectivity index (χ1v) is 10.1. The van der Waals surface area contributed by atoms with Gasteiger partial charge in [0.15, 0.2) is 11.8 Å². The lowest BCUT2D eigenvalue weighted by Crippen LogP contribution is -2.44. The largest absolute Gasteiger partial charge is 0.356 e. The molecule has 6 nitrogen and oxygen atoms in total. The topological polar surface area (TPSA) is 67.1 Å². The number of aliphatic imine (C=N–C) groups is 1. The van der Waals surface area contributed by atoms with Crippen molar-refractivity contribution in [3.05, 3.63) is 46.5 Å². The van der Waals surface area contributed by atoms with E-state index in [4.69, 9.17) is 16.6 Å². The first kappa shape index (κ1) is 22.9. The third kappa shape index (κ3) is 6.92. The summed E-state index contributed by atoms with van der Waals surface area (Å²) in [5.74, 6) is 2.62. The van der Waals surface area contributed by atoms with Gasteiger partial charge < -0.3 is 15.2 Å². The Labute approximate surface area is 189 Å². The van der Waals surface area contributed by atoms with E-state index < -0.39 is 0 Å². The maximum absolute atomic E-state index is 6.08. The number of guanidine groups is 1. The van der Waals surface area contributed by atoms with Crippen LogP contribution in [0.3, 0.4) is 0 Å². The van der Waals surface area contributed by atoms with E-state index in [1.54, 1.807) is 0 Å². The molecule has 0 unspecified atom stereocenters. The van der Waals surface area contributed by atoms with Gasteiger partial charge in [0, 0.05) is 24.7 Å². The highest BCUT2D eigenvalue weighted by Crippen LogP contribution is 2.17. The van der Waals surface area contributed by atoms with Gasteiger partial charge in [-0.25, -0.2) is 4.99 Å². The summed E-state index contributed by atoms with van der Waals surface area (Å²) in [6, 6.07) is 8.50. The Balaban J connectivity index is 0.00000280. The highest BCUT2D eigenvalue weighted by molar-refractivity contribution is 14.0. The molecule has 0 aliphatic heterocycles. The molecule has 28 heavy (non-hydrogen) atoms. The number of hydrogen-bond acceptors (Lipinski definition) is 3. The standard InChI is InChI=1S/C20H29ClN6.HI/c1-15-25-26-19(27(15)2)14-23-20(24-18-9-4-3-5-10-18)22-12-11-16-7-6-8-17(21)13-16;/h6-8,13,18H,3-5,9-12,14H2,1-2H3,(H2,22,23,24);1H. The average Bonchev–Trinajstić information content (AvgIpc) is 2.99. The molecule has 2 N–H and O–H groups in total. The summed E-state index contributed by atoms with van der Waals surface area (Å²) < 4.78 is 1.98. The van der Waals surface area contributed by atoms with Crippen LogP contribution in [0.2, 0.25) is 5.02 Å². The first-order valence-electron chi connectivity index (χ1n) is 9.76. The molecule has 2 aromatic rings. The van der Waals surface area contributed by atoms with E-state index >= 15 is 0 Å². The summed E-state index contributed by atoms with van der Waals surface area (Å²) in [5, 5.41) is 16.2. The second-order valence-electron chi connectivity index (χ2n) is 7.17. The smallest absolute Gasteiger partial charge is 0.191 e. The predicted octanol–water partition coefficient (Wildman–Crippen LogP) is 4.01. The van der Waals surface area contributed by atoms with Gasteiger partial charge in [0.05, 0.1) is 0 Å². The zero-order chi connectivity index (χ0) is 19.1. The highest BCUT2D eigenvalue weighted by atomic mass is 127. The lowest BCUT2D eigenvalue weighted by atomic mass is 9.96. The zero-order valence-electron chi connectivity index (χ0n) is 16.6. The number of aromatic nitrogens is 3. The Kier molecular flexibility index (Phi) is 9.50. The molecule has 8 heteroatoms. The predicted molar refractivity (Wildman–Crippen MR) is 125 cm³/mol. The van der Waals surface area contributed by atoms with E-state index in [1.807, 2.05) is 36.7 Å². The van der Waals surface area contributed by atoms with Crippen molar-refractivity contribution in [2.75, 3.05) is 6.54 Å². The third-order valence-electron chi connectivity index (χ3n) is 5.10. The Morgan fingerprint density at radius 3 is 2.71 bits per heavy atom. The summed E-state index contributed by atoms with van der Waals surface area (Å²) in [5.41, 5.74) is 1.22. The molecule has 0 amide bonds. The Morgan fingerprint density at radius 2 is 2.04 bits per heavy atom. The fourth-order valence-electron chi connectivity index (χ4n) is 3.35. The van der Waals surface area contributed by atoms with E-state index in [0.29, 0.717) is 12.6 Å². The van der Waals surface area contributed by atoms with Crippen LogP contribution in [0.15, 0.2) is 29.3 Å². The molecule has 1 aliphatic carbocycles. The molecular weight excluding hydrogens is 487 g/mol. The van der Waals surface area contributed by atoms with Gasteiger partial charge in [-0.05, 0) is 43.9 Å². The molecule has 1 aromatic carbocycles. The molecule has 0 bridgehead atoms. The lowest BCUT2D eigenvalue weighted by Gasteiger charge is -2.25. The maximum Gasteiger partial charge on any atom is 0.191 e. The van der Waals surface area contributed by atoms with E-state index in [9.17, 15) is 0 Å². The van der Waals surface area contributed by atoms with Crippen molar-refractivity contribution >= 4 is 41.5 Å². The maximum atomic E-state index is 6.08. The van der Waals surface area contributed by atoms with Crippen molar-refractivity contribution < 1.29 is 0 Å². The fourth-order valence-corrected chi connectivity index (χ4v) is 3.56. The molecule has 0 spiro atoms. The molecule has 0 radical (unpaired) electrons. The van der Waals surface area contributed by atoms with E-state index in [1.165, 1.54) is 37.7 Å². The summed E-state index contributed by atoms with van der Waals surface area (Å²) in [6.45, 7) is 3.26. The van der Waals surface area contributed by atoms with Crippen LogP contribution in [0.5, 0.6) is 0 Å². The Morgan fingerprint density at radius 1 is 1.25 bits per heavy atom. The molecule has 1 aromatic heterocycles. The SMILES string of the molecule is Cc1nnc(CN=C(NCCc2cccc(Cl)c2)NC2CCCCC2)n1C.I. The number of nitrogens with zero attached hydrogens (tertiary/aromatic N) is 4. The van der Waals surface area contributed by atoms with Crippen molar-refractivity contribution in [3.63, 3.8) is 0 Å². The third-order valence-corrected chi connectivity index (χ3v) is 5.34. The summed E-state index contributed by atoms with van der Waals surface area (Å²) in [6.07, 6.45) is 7.22. The number of benzene rings is 1. The number of nitrogens with one attached hydrogen (secondary N) is 2. The van der Waals surface area contributed by atoms with E-state index in [0.717, 1.165) is 35.6 Å². The molecule has 1 aliphatic rings. The van der Waals surface area contributed by atoms with Crippen LogP contribution in [-0.4, -0.2) is 33.3 Å². The monoisotopic (exact) mass is 516 g/mol. The van der Waals surface area contributed by atoms with E-state index in [-0.39, 0.29) is 24.0 Å². The van der Waals surface area contributed by atoms with Crippen molar-refractivity contribution in [2.24, 2.45) is 12.0 Å². The van der Waals surface area contributed by atoms with Gasteiger partial charge in [0.2, 0.25) is 0 Å². The molecule has 0 atom stereocenters. The van der Waals surface area contributed by atoms with Crippen LogP contribution in [0.25, 0.3) is 0 Å². The zero-order valence-corrected chi connectivity index (χ0v) is 19.7. The quantitative estimate of drug-likeness (QED) is 0.346. The van der Waals surface area contributed by atoms with Gasteiger partial charge >= 0.3 is 0 Å². The van der Waals surface area contributed by atoms with Crippen molar-refractivity contribution in [3.8, 4) is 0 Å². The molecule has 1 fully saturated rings. The molecular formula is C20H30ClIN6. The Bertz CT molecular complexity index is 770. The molecule has 3 rings (SSSR count). The fraction of sp³-hybridized carbons (Fsp3) is 0.550. The molecule has 1 heterocycles. The molecule has 0 saturated heterocycles. The van der Waals surface area contributed by atoms with Crippen molar-refractivity contribution in [1.82, 2.24) is 25.4 Å². The molecule has 154 valence electrons. The summed E-state index contributed by atoms with van der Waals surface area (Å²) >= 11 is 6.08. The average molecular weight is 517 g/mol. The van der Waals surface area contributed by atoms with Crippen LogP contribution in [0.1, 0.15) is 49.3 Å². The summed E-state index contributed by atoms with van der Waals surface area (Å²) in [4.78, 5) is 4.76. The highest BCUT2D eigenvalue weighted by Gasteiger charge is 2.15. The number of halogens is 2. The lowest BCUT2D eigenvalue weighted by molar-refractivity contribution is 0.410. The first-order chi connectivity index (χ1) is 13.1. The Hall–Kier alpha value is -1.35. The summed E-state index contributed by atoms with van der Waals surface area (Å²) in [7, 11) is 1.97.